The molecule has 2 heterocycles. The zero-order valence-corrected chi connectivity index (χ0v) is 15.9. The summed E-state index contributed by atoms with van der Waals surface area (Å²) in [6, 6.07) is 5.17. The van der Waals surface area contributed by atoms with Gasteiger partial charge in [0.25, 0.3) is 5.56 Å². The van der Waals surface area contributed by atoms with Crippen LogP contribution in [0.25, 0.3) is 0 Å². The molecule has 142 valence electrons. The molecule has 0 saturated carbocycles. The molecule has 0 aliphatic carbocycles. The van der Waals surface area contributed by atoms with Crippen molar-refractivity contribution in [2.24, 2.45) is 5.92 Å². The lowest BCUT2D eigenvalue weighted by atomic mass is 9.77. The number of fused-ring (bicyclic) bond motifs is 1. The summed E-state index contributed by atoms with van der Waals surface area (Å²) < 4.78 is 15.9. The molecule has 27 heavy (non-hydrogen) atoms. The zero-order chi connectivity index (χ0) is 19.7. The lowest BCUT2D eigenvalue weighted by Gasteiger charge is -2.34. The summed E-state index contributed by atoms with van der Waals surface area (Å²) >= 11 is 5.05. The summed E-state index contributed by atoms with van der Waals surface area (Å²) in [6.45, 7) is 3.95. The van der Waals surface area contributed by atoms with Gasteiger partial charge >= 0.3 is 5.97 Å². The van der Waals surface area contributed by atoms with Gasteiger partial charge in [0.05, 0.1) is 26.9 Å². The van der Waals surface area contributed by atoms with Crippen LogP contribution in [0.3, 0.4) is 0 Å². The van der Waals surface area contributed by atoms with Crippen LogP contribution in [0.5, 0.6) is 11.5 Å². The topological polar surface area (TPSA) is 105 Å². The second kappa shape index (κ2) is 7.28. The van der Waals surface area contributed by atoms with Crippen LogP contribution in [-0.2, 0) is 9.53 Å². The van der Waals surface area contributed by atoms with Crippen molar-refractivity contribution < 1.29 is 19.0 Å². The summed E-state index contributed by atoms with van der Waals surface area (Å²) in [7, 11) is 4.33. The number of carbonyl (C=O) groups excluding carboxylic acids is 1. The molecule has 9 heteroatoms. The highest BCUT2D eigenvalue weighted by atomic mass is 32.1. The summed E-state index contributed by atoms with van der Waals surface area (Å²) in [5, 5.41) is 2.96. The molecule has 0 saturated heterocycles. The maximum absolute atomic E-state index is 12.7. The fourth-order valence-electron chi connectivity index (χ4n) is 3.32. The van der Waals surface area contributed by atoms with E-state index in [4.69, 9.17) is 26.4 Å². The van der Waals surface area contributed by atoms with Gasteiger partial charge in [-0.05, 0) is 30.4 Å². The predicted molar refractivity (Wildman–Crippen MR) is 102 cm³/mol. The number of aromatic nitrogens is 2. The number of rotatable bonds is 4. The van der Waals surface area contributed by atoms with Crippen LogP contribution < -0.4 is 20.3 Å². The average Bonchev–Trinajstić information content (AvgIpc) is 2.65. The van der Waals surface area contributed by atoms with Crippen molar-refractivity contribution in [2.45, 2.75) is 5.92 Å². The Balaban J connectivity index is 2.36. The third kappa shape index (κ3) is 3.21. The first-order valence-electron chi connectivity index (χ1n) is 8.03. The molecule has 1 aliphatic rings. The fraction of sp³-hybridized carbons (Fsp3) is 0.278. The molecule has 0 bridgehead atoms. The number of H-pyrrole nitrogens is 2. The minimum atomic E-state index is -0.853. The quantitative estimate of drug-likeness (QED) is 0.544. The van der Waals surface area contributed by atoms with Gasteiger partial charge in [-0.15, -0.1) is 0 Å². The molecular weight excluding hydrogens is 370 g/mol. The van der Waals surface area contributed by atoms with E-state index in [-0.39, 0.29) is 4.77 Å². The first kappa shape index (κ1) is 18.7. The Morgan fingerprint density at radius 1 is 1.19 bits per heavy atom. The van der Waals surface area contributed by atoms with E-state index >= 15 is 0 Å². The van der Waals surface area contributed by atoms with Gasteiger partial charge in [0.1, 0.15) is 23.2 Å². The largest absolute Gasteiger partial charge is 0.497 e. The molecule has 0 fully saturated rings. The normalized spacial score (nSPS) is 18.3. The Morgan fingerprint density at radius 2 is 1.93 bits per heavy atom. The van der Waals surface area contributed by atoms with Crippen LogP contribution >= 0.6 is 12.2 Å². The van der Waals surface area contributed by atoms with Crippen molar-refractivity contribution in [2.75, 3.05) is 26.6 Å². The van der Waals surface area contributed by atoms with Gasteiger partial charge < -0.3 is 24.5 Å². The number of anilines is 1. The SMILES string of the molecule is C=C1Nc2[nH]c(=S)[nH]c(=O)c2[C@@H](c2cc(OC)ccc2OC)[C@@H]1C(=O)OC. The highest BCUT2D eigenvalue weighted by Gasteiger charge is 2.42. The zero-order valence-electron chi connectivity index (χ0n) is 15.0. The van der Waals surface area contributed by atoms with Crippen molar-refractivity contribution in [1.82, 2.24) is 9.97 Å². The molecule has 0 amide bonds. The Kier molecular flexibility index (Phi) is 5.04. The van der Waals surface area contributed by atoms with Crippen molar-refractivity contribution in [3.8, 4) is 11.5 Å². The molecule has 0 unspecified atom stereocenters. The molecule has 1 aromatic heterocycles. The molecule has 2 aromatic rings. The van der Waals surface area contributed by atoms with Crippen molar-refractivity contribution in [3.05, 3.63) is 56.7 Å². The molecule has 8 nitrogen and oxygen atoms in total. The van der Waals surface area contributed by atoms with E-state index in [9.17, 15) is 9.59 Å². The predicted octanol–water partition coefficient (Wildman–Crippen LogP) is 2.31. The van der Waals surface area contributed by atoms with Crippen LogP contribution in [0.2, 0.25) is 0 Å². The van der Waals surface area contributed by atoms with Crippen molar-refractivity contribution >= 4 is 24.0 Å². The van der Waals surface area contributed by atoms with Crippen molar-refractivity contribution in [3.63, 3.8) is 0 Å². The highest BCUT2D eigenvalue weighted by molar-refractivity contribution is 7.71. The molecule has 3 N–H and O–H groups in total. The average molecular weight is 389 g/mol. The van der Waals surface area contributed by atoms with Crippen LogP contribution in [-0.4, -0.2) is 37.3 Å². The van der Waals surface area contributed by atoms with Gasteiger partial charge in [0, 0.05) is 17.2 Å². The van der Waals surface area contributed by atoms with E-state index < -0.39 is 23.4 Å². The maximum atomic E-state index is 12.7. The first-order chi connectivity index (χ1) is 12.9. The second-order valence-electron chi connectivity index (χ2n) is 5.93. The van der Waals surface area contributed by atoms with Gasteiger partial charge in [-0.25, -0.2) is 0 Å². The Bertz CT molecular complexity index is 1030. The Morgan fingerprint density at radius 3 is 2.56 bits per heavy atom. The van der Waals surface area contributed by atoms with Crippen LogP contribution in [0.4, 0.5) is 5.82 Å². The molecular formula is C18H19N3O5S. The van der Waals surface area contributed by atoms with E-state index in [1.807, 2.05) is 0 Å². The number of esters is 1. The van der Waals surface area contributed by atoms with Crippen LogP contribution in [0.15, 0.2) is 35.3 Å². The fourth-order valence-corrected chi connectivity index (χ4v) is 3.52. The number of hydrogen-bond donors (Lipinski definition) is 3. The van der Waals surface area contributed by atoms with E-state index in [1.54, 1.807) is 18.2 Å². The molecule has 3 rings (SSSR count). The van der Waals surface area contributed by atoms with E-state index in [0.29, 0.717) is 34.1 Å². The van der Waals surface area contributed by atoms with E-state index in [1.165, 1.54) is 21.3 Å². The summed E-state index contributed by atoms with van der Waals surface area (Å²) in [4.78, 5) is 30.8. The second-order valence-corrected chi connectivity index (χ2v) is 6.34. The molecule has 1 aliphatic heterocycles. The van der Waals surface area contributed by atoms with Crippen LogP contribution in [0, 0.1) is 10.7 Å². The van der Waals surface area contributed by atoms with Gasteiger partial charge in [0.15, 0.2) is 4.77 Å². The molecule has 2 atom stereocenters. The number of carbonyl (C=O) groups is 1. The minimum absolute atomic E-state index is 0.159. The number of nitrogens with one attached hydrogen (secondary N) is 3. The third-order valence-electron chi connectivity index (χ3n) is 4.51. The van der Waals surface area contributed by atoms with E-state index in [0.717, 1.165) is 0 Å². The highest BCUT2D eigenvalue weighted by Crippen LogP contribution is 2.45. The maximum Gasteiger partial charge on any atom is 0.315 e. The lowest BCUT2D eigenvalue weighted by molar-refractivity contribution is -0.144. The molecule has 0 spiro atoms. The standard InChI is InChI=1S/C18H19N3O5S/c1-8-12(17(23)26-4)13(10-7-9(24-2)5-6-11(10)25-3)14-15(19-8)20-18(27)21-16(14)22/h5-7,12-13H,1H2,2-4H3,(H3,19,20,21,22,27)/t12-,13+/m1/s1. The lowest BCUT2D eigenvalue weighted by Crippen LogP contribution is -2.37. The summed E-state index contributed by atoms with van der Waals surface area (Å²) in [6.07, 6.45) is 0. The molecule has 0 radical (unpaired) electrons. The third-order valence-corrected chi connectivity index (χ3v) is 4.72. The summed E-state index contributed by atoms with van der Waals surface area (Å²) in [5.41, 5.74) is 0.850. The molecule has 1 aromatic carbocycles. The minimum Gasteiger partial charge on any atom is -0.497 e. The van der Waals surface area contributed by atoms with Gasteiger partial charge in [-0.2, -0.15) is 0 Å². The van der Waals surface area contributed by atoms with Gasteiger partial charge in [-0.3, -0.25) is 14.6 Å². The van der Waals surface area contributed by atoms with Gasteiger partial charge in [-0.1, -0.05) is 6.58 Å². The Labute approximate surface area is 160 Å². The first-order valence-corrected chi connectivity index (χ1v) is 8.44. The van der Waals surface area contributed by atoms with E-state index in [2.05, 4.69) is 21.9 Å². The number of hydrogen-bond acceptors (Lipinski definition) is 7. The van der Waals surface area contributed by atoms with Crippen molar-refractivity contribution in [1.29, 1.82) is 0 Å². The number of benzene rings is 1. The smallest absolute Gasteiger partial charge is 0.315 e. The summed E-state index contributed by atoms with van der Waals surface area (Å²) in [5.74, 6) is -0.674. The monoisotopic (exact) mass is 389 g/mol. The Hall–Kier alpha value is -3.07. The number of methoxy groups -OCH3 is 3. The van der Waals surface area contributed by atoms with Crippen LogP contribution in [0.1, 0.15) is 17.0 Å². The number of ether oxygens (including phenoxy) is 3. The van der Waals surface area contributed by atoms with Gasteiger partial charge in [0.2, 0.25) is 0 Å². The number of aromatic amines is 2.